The Kier molecular flexibility index (Phi) is 4.34. The van der Waals surface area contributed by atoms with Crippen molar-refractivity contribution in [1.29, 1.82) is 0 Å². The fraction of sp³-hybridized carbons (Fsp3) is 0.533. The number of aryl methyl sites for hydroxylation is 1. The topological polar surface area (TPSA) is 51.0 Å². The second kappa shape index (κ2) is 6.39. The average molecular weight is 304 g/mol. The molecular weight excluding hydrogens is 284 g/mol. The third-order valence-corrected chi connectivity index (χ3v) is 4.73. The standard InChI is InChI=1S/C15H20N4OS/c1-12-17-13(11-21-12)9-15(20)19-8-3-2-5-14(19)10-18-7-4-6-16-18/h4,6-7,11,14H,2-3,5,8-10H2,1H3/t14-/m1/s1. The van der Waals surface area contributed by atoms with Crippen molar-refractivity contribution < 1.29 is 4.79 Å². The van der Waals surface area contributed by atoms with Gasteiger partial charge in [0.15, 0.2) is 0 Å². The molecule has 0 aromatic carbocycles. The van der Waals surface area contributed by atoms with Crippen LogP contribution in [0.25, 0.3) is 0 Å². The van der Waals surface area contributed by atoms with Gasteiger partial charge >= 0.3 is 0 Å². The van der Waals surface area contributed by atoms with Crippen LogP contribution < -0.4 is 0 Å². The Hall–Kier alpha value is -1.69. The number of hydrogen-bond donors (Lipinski definition) is 0. The number of thiazole rings is 1. The number of carbonyl (C=O) groups is 1. The van der Waals surface area contributed by atoms with Crippen LogP contribution >= 0.6 is 11.3 Å². The van der Waals surface area contributed by atoms with Crippen LogP contribution in [0.5, 0.6) is 0 Å². The Morgan fingerprint density at radius 1 is 1.48 bits per heavy atom. The lowest BCUT2D eigenvalue weighted by atomic mass is 10.0. The summed E-state index contributed by atoms with van der Waals surface area (Å²) >= 11 is 1.60. The number of rotatable bonds is 4. The number of likely N-dealkylation sites (tertiary alicyclic amines) is 1. The molecule has 21 heavy (non-hydrogen) atoms. The Bertz CT molecular complexity index is 593. The molecule has 0 aliphatic carbocycles. The summed E-state index contributed by atoms with van der Waals surface area (Å²) in [6.07, 6.45) is 7.50. The van der Waals surface area contributed by atoms with E-state index < -0.39 is 0 Å². The molecule has 0 radical (unpaired) electrons. The van der Waals surface area contributed by atoms with E-state index in [2.05, 4.69) is 10.1 Å². The minimum atomic E-state index is 0.192. The van der Waals surface area contributed by atoms with Crippen molar-refractivity contribution in [1.82, 2.24) is 19.7 Å². The van der Waals surface area contributed by atoms with Crippen LogP contribution in [0.1, 0.15) is 30.0 Å². The predicted molar refractivity (Wildman–Crippen MR) is 82.1 cm³/mol. The molecular formula is C15H20N4OS. The normalized spacial score (nSPS) is 18.9. The molecule has 0 N–H and O–H groups in total. The zero-order chi connectivity index (χ0) is 14.7. The fourth-order valence-corrected chi connectivity index (χ4v) is 3.50. The quantitative estimate of drug-likeness (QED) is 0.870. The van der Waals surface area contributed by atoms with Gasteiger partial charge in [-0.3, -0.25) is 9.48 Å². The molecule has 1 amide bonds. The molecule has 1 atom stereocenters. The van der Waals surface area contributed by atoms with Gasteiger partial charge in [-0.25, -0.2) is 4.98 Å². The molecule has 1 fully saturated rings. The summed E-state index contributed by atoms with van der Waals surface area (Å²) in [6, 6.07) is 2.18. The van der Waals surface area contributed by atoms with Gasteiger partial charge in [0.1, 0.15) is 0 Å². The SMILES string of the molecule is Cc1nc(CC(=O)N2CCCC[C@@H]2Cn2cccn2)cs1. The van der Waals surface area contributed by atoms with Crippen LogP contribution in [0.3, 0.4) is 0 Å². The Morgan fingerprint density at radius 2 is 2.38 bits per heavy atom. The van der Waals surface area contributed by atoms with Crippen LogP contribution in [0.15, 0.2) is 23.8 Å². The van der Waals surface area contributed by atoms with E-state index in [1.54, 1.807) is 17.5 Å². The molecule has 3 rings (SSSR count). The van der Waals surface area contributed by atoms with Crippen molar-refractivity contribution in [3.8, 4) is 0 Å². The van der Waals surface area contributed by atoms with E-state index in [9.17, 15) is 4.79 Å². The maximum Gasteiger partial charge on any atom is 0.228 e. The van der Waals surface area contributed by atoms with Gasteiger partial charge in [0.2, 0.25) is 5.91 Å². The predicted octanol–water partition coefficient (Wildman–Crippen LogP) is 2.27. The van der Waals surface area contributed by atoms with Crippen molar-refractivity contribution in [2.24, 2.45) is 0 Å². The monoisotopic (exact) mass is 304 g/mol. The molecule has 1 aliphatic rings. The summed E-state index contributed by atoms with van der Waals surface area (Å²) in [5, 5.41) is 7.26. The summed E-state index contributed by atoms with van der Waals surface area (Å²) in [4.78, 5) is 19.0. The van der Waals surface area contributed by atoms with Crippen LogP contribution in [0.4, 0.5) is 0 Å². The van der Waals surface area contributed by atoms with Gasteiger partial charge in [0, 0.05) is 24.3 Å². The van der Waals surface area contributed by atoms with Crippen LogP contribution in [-0.4, -0.2) is 38.2 Å². The second-order valence-electron chi connectivity index (χ2n) is 5.50. The van der Waals surface area contributed by atoms with Crippen molar-refractivity contribution in [3.63, 3.8) is 0 Å². The van der Waals surface area contributed by atoms with Crippen molar-refractivity contribution in [3.05, 3.63) is 34.5 Å². The van der Waals surface area contributed by atoms with E-state index in [1.165, 1.54) is 6.42 Å². The summed E-state index contributed by atoms with van der Waals surface area (Å²) in [5.74, 6) is 0.192. The maximum absolute atomic E-state index is 12.6. The van der Waals surface area contributed by atoms with Gasteiger partial charge < -0.3 is 4.90 Å². The molecule has 2 aromatic heterocycles. The first-order chi connectivity index (χ1) is 10.2. The molecule has 6 heteroatoms. The number of aromatic nitrogens is 3. The van der Waals surface area contributed by atoms with Crippen molar-refractivity contribution >= 4 is 17.2 Å². The largest absolute Gasteiger partial charge is 0.338 e. The fourth-order valence-electron chi connectivity index (χ4n) is 2.89. The Labute approximate surface area is 128 Å². The van der Waals surface area contributed by atoms with E-state index in [0.717, 1.165) is 36.6 Å². The molecule has 0 unspecified atom stereocenters. The highest BCUT2D eigenvalue weighted by Crippen LogP contribution is 2.20. The minimum absolute atomic E-state index is 0.192. The van der Waals surface area contributed by atoms with Crippen LogP contribution in [0.2, 0.25) is 0 Å². The number of carbonyl (C=O) groups excluding carboxylic acids is 1. The molecule has 1 saturated heterocycles. The summed E-state index contributed by atoms with van der Waals surface area (Å²) in [5.41, 5.74) is 0.894. The highest BCUT2D eigenvalue weighted by molar-refractivity contribution is 7.09. The Balaban J connectivity index is 1.66. The van der Waals surface area contributed by atoms with E-state index in [-0.39, 0.29) is 11.9 Å². The van der Waals surface area contributed by atoms with Crippen LogP contribution in [0, 0.1) is 6.92 Å². The molecule has 2 aromatic rings. The van der Waals surface area contributed by atoms with Crippen LogP contribution in [-0.2, 0) is 17.8 Å². The number of piperidine rings is 1. The third kappa shape index (κ3) is 3.50. The molecule has 0 saturated carbocycles. The Morgan fingerprint density at radius 3 is 3.10 bits per heavy atom. The highest BCUT2D eigenvalue weighted by Gasteiger charge is 2.27. The molecule has 5 nitrogen and oxygen atoms in total. The zero-order valence-electron chi connectivity index (χ0n) is 12.2. The molecule has 1 aliphatic heterocycles. The van der Waals surface area contributed by atoms with Gasteiger partial charge in [-0.2, -0.15) is 5.10 Å². The lowest BCUT2D eigenvalue weighted by Crippen LogP contribution is -2.46. The van der Waals surface area contributed by atoms with Gasteiger partial charge in [-0.15, -0.1) is 11.3 Å². The lowest BCUT2D eigenvalue weighted by molar-refractivity contribution is -0.134. The smallest absolute Gasteiger partial charge is 0.228 e. The number of nitrogens with zero attached hydrogens (tertiary/aromatic N) is 4. The van der Waals surface area contributed by atoms with Crippen molar-refractivity contribution in [2.45, 2.75) is 45.2 Å². The maximum atomic E-state index is 12.6. The second-order valence-corrected chi connectivity index (χ2v) is 6.56. The van der Waals surface area contributed by atoms with E-state index >= 15 is 0 Å². The zero-order valence-corrected chi connectivity index (χ0v) is 13.1. The molecule has 0 spiro atoms. The molecule has 0 bridgehead atoms. The number of amides is 1. The number of hydrogen-bond acceptors (Lipinski definition) is 4. The molecule has 3 heterocycles. The molecule has 112 valence electrons. The minimum Gasteiger partial charge on any atom is -0.338 e. The van der Waals surface area contributed by atoms with Crippen molar-refractivity contribution in [2.75, 3.05) is 6.54 Å². The van der Waals surface area contributed by atoms with E-state index in [0.29, 0.717) is 6.42 Å². The summed E-state index contributed by atoms with van der Waals surface area (Å²) in [6.45, 7) is 3.61. The average Bonchev–Trinajstić information content (AvgIpc) is 3.11. The first kappa shape index (κ1) is 14.3. The van der Waals surface area contributed by atoms with Gasteiger partial charge in [-0.1, -0.05) is 0 Å². The highest BCUT2D eigenvalue weighted by atomic mass is 32.1. The van der Waals surface area contributed by atoms with Gasteiger partial charge in [-0.05, 0) is 32.3 Å². The van der Waals surface area contributed by atoms with Gasteiger partial charge in [0.05, 0.1) is 29.7 Å². The van der Waals surface area contributed by atoms with Gasteiger partial charge in [0.25, 0.3) is 0 Å². The summed E-state index contributed by atoms with van der Waals surface area (Å²) < 4.78 is 1.92. The first-order valence-electron chi connectivity index (χ1n) is 7.40. The lowest BCUT2D eigenvalue weighted by Gasteiger charge is -2.35. The van der Waals surface area contributed by atoms with E-state index in [1.807, 2.05) is 34.1 Å². The first-order valence-corrected chi connectivity index (χ1v) is 8.28. The summed E-state index contributed by atoms with van der Waals surface area (Å²) in [7, 11) is 0. The van der Waals surface area contributed by atoms with E-state index in [4.69, 9.17) is 0 Å². The third-order valence-electron chi connectivity index (χ3n) is 3.90.